The molecule has 3 nitrogen and oxygen atoms in total. The summed E-state index contributed by atoms with van der Waals surface area (Å²) in [7, 11) is 4.15. The maximum atomic E-state index is 11.5. The molecule has 2 fully saturated rings. The molecule has 116 valence electrons. The van der Waals surface area contributed by atoms with E-state index in [-0.39, 0.29) is 5.92 Å². The molecule has 0 aliphatic heterocycles. The molecule has 2 aliphatic rings. The predicted octanol–water partition coefficient (Wildman–Crippen LogP) is 2.89. The zero-order chi connectivity index (χ0) is 15.2. The number of nitrogens with zero attached hydrogens (tertiary/aromatic N) is 1. The highest BCUT2D eigenvalue weighted by atomic mass is 16.3. The van der Waals surface area contributed by atoms with Crippen LogP contribution >= 0.6 is 0 Å². The highest BCUT2D eigenvalue weighted by Gasteiger charge is 2.51. The Hall–Kier alpha value is -1.06. The summed E-state index contributed by atoms with van der Waals surface area (Å²) in [5.74, 6) is 1.80. The third kappa shape index (κ3) is 2.58. The van der Waals surface area contributed by atoms with Crippen molar-refractivity contribution in [1.82, 2.24) is 4.90 Å². The summed E-state index contributed by atoms with van der Waals surface area (Å²) < 4.78 is 0. The molecule has 1 aromatic carbocycles. The Bertz CT molecular complexity index is 528. The van der Waals surface area contributed by atoms with Crippen LogP contribution in [0.2, 0.25) is 0 Å². The van der Waals surface area contributed by atoms with Gasteiger partial charge in [0.05, 0.1) is 5.60 Å². The van der Waals surface area contributed by atoms with Crippen molar-refractivity contribution in [2.75, 3.05) is 20.6 Å². The summed E-state index contributed by atoms with van der Waals surface area (Å²) >= 11 is 0. The number of hydrogen-bond donors (Lipinski definition) is 2. The number of aromatic hydroxyl groups is 1. The highest BCUT2D eigenvalue weighted by Crippen LogP contribution is 2.54. The summed E-state index contributed by atoms with van der Waals surface area (Å²) in [5, 5.41) is 21.5. The summed E-state index contributed by atoms with van der Waals surface area (Å²) in [6, 6.07) is 5.71. The van der Waals surface area contributed by atoms with Gasteiger partial charge in [-0.05, 0) is 69.3 Å². The van der Waals surface area contributed by atoms with Gasteiger partial charge in [-0.25, -0.2) is 0 Å². The molecule has 3 heteroatoms. The van der Waals surface area contributed by atoms with E-state index < -0.39 is 5.60 Å². The van der Waals surface area contributed by atoms with E-state index in [4.69, 9.17) is 0 Å². The fraction of sp³-hybridized carbons (Fsp3) is 0.667. The van der Waals surface area contributed by atoms with E-state index in [9.17, 15) is 10.2 Å². The van der Waals surface area contributed by atoms with Crippen molar-refractivity contribution in [3.05, 3.63) is 29.3 Å². The Morgan fingerprint density at radius 2 is 2.05 bits per heavy atom. The van der Waals surface area contributed by atoms with Gasteiger partial charge in [-0.2, -0.15) is 0 Å². The van der Waals surface area contributed by atoms with Crippen molar-refractivity contribution >= 4 is 0 Å². The Morgan fingerprint density at radius 3 is 2.71 bits per heavy atom. The molecule has 0 heterocycles. The molecule has 4 unspecified atom stereocenters. The summed E-state index contributed by atoms with van der Waals surface area (Å²) in [5.41, 5.74) is 0.971. The van der Waals surface area contributed by atoms with Gasteiger partial charge in [0.2, 0.25) is 0 Å². The monoisotopic (exact) mass is 289 g/mol. The number of phenolic OH excluding ortho intramolecular Hbond substituents is 1. The van der Waals surface area contributed by atoms with E-state index in [2.05, 4.69) is 19.0 Å². The minimum Gasteiger partial charge on any atom is -0.508 e. The average Bonchev–Trinajstić information content (AvgIpc) is 2.81. The van der Waals surface area contributed by atoms with Crippen LogP contribution in [0.15, 0.2) is 18.2 Å². The molecule has 1 aromatic rings. The summed E-state index contributed by atoms with van der Waals surface area (Å²) in [6.45, 7) is 2.80. The molecular formula is C18H27NO2. The molecule has 0 radical (unpaired) electrons. The van der Waals surface area contributed by atoms with E-state index in [0.717, 1.165) is 24.1 Å². The zero-order valence-corrected chi connectivity index (χ0v) is 13.3. The predicted molar refractivity (Wildman–Crippen MR) is 84.2 cm³/mol. The smallest absolute Gasteiger partial charge is 0.118 e. The lowest BCUT2D eigenvalue weighted by Gasteiger charge is -2.45. The lowest BCUT2D eigenvalue weighted by Crippen LogP contribution is -2.47. The van der Waals surface area contributed by atoms with Crippen LogP contribution in [-0.4, -0.2) is 35.8 Å². The Morgan fingerprint density at radius 1 is 1.29 bits per heavy atom. The zero-order valence-electron chi connectivity index (χ0n) is 13.3. The number of benzene rings is 1. The van der Waals surface area contributed by atoms with Gasteiger partial charge >= 0.3 is 0 Å². The molecule has 3 rings (SSSR count). The maximum Gasteiger partial charge on any atom is 0.118 e. The summed E-state index contributed by atoms with van der Waals surface area (Å²) in [4.78, 5) is 2.18. The van der Waals surface area contributed by atoms with Gasteiger partial charge in [0.15, 0.2) is 0 Å². The molecule has 2 N–H and O–H groups in total. The second-order valence-corrected chi connectivity index (χ2v) is 7.44. The fourth-order valence-electron chi connectivity index (χ4n) is 4.55. The Balaban J connectivity index is 2.00. The Kier molecular flexibility index (Phi) is 3.74. The van der Waals surface area contributed by atoms with Gasteiger partial charge in [0.1, 0.15) is 5.75 Å². The lowest BCUT2D eigenvalue weighted by atomic mass is 9.66. The average molecular weight is 289 g/mol. The number of aryl methyl sites for hydroxylation is 1. The molecule has 2 aliphatic carbocycles. The maximum absolute atomic E-state index is 11.5. The third-order valence-corrected chi connectivity index (χ3v) is 5.63. The molecule has 2 bridgehead atoms. The van der Waals surface area contributed by atoms with Crippen LogP contribution in [0.3, 0.4) is 0 Å². The molecule has 0 aromatic heterocycles. The van der Waals surface area contributed by atoms with Crippen LogP contribution in [0, 0.1) is 24.7 Å². The number of aliphatic hydroxyl groups is 1. The van der Waals surface area contributed by atoms with E-state index >= 15 is 0 Å². The minimum atomic E-state index is -0.792. The fourth-order valence-corrected chi connectivity index (χ4v) is 4.55. The Labute approximate surface area is 127 Å². The first-order chi connectivity index (χ1) is 9.90. The van der Waals surface area contributed by atoms with Crippen LogP contribution in [0.1, 0.15) is 36.8 Å². The normalized spacial score (nSPS) is 35.4. The third-order valence-electron chi connectivity index (χ3n) is 5.63. The topological polar surface area (TPSA) is 43.7 Å². The second kappa shape index (κ2) is 5.29. The van der Waals surface area contributed by atoms with Crippen molar-refractivity contribution in [1.29, 1.82) is 0 Å². The van der Waals surface area contributed by atoms with Crippen molar-refractivity contribution in [3.63, 3.8) is 0 Å². The van der Waals surface area contributed by atoms with E-state index in [1.807, 2.05) is 19.1 Å². The SMILES string of the molecule is Cc1ccc(C2(O)CC3CCC(C3)C2CN(C)C)cc1O. The van der Waals surface area contributed by atoms with Crippen LogP contribution in [0.4, 0.5) is 0 Å². The van der Waals surface area contributed by atoms with Crippen LogP contribution in [0.5, 0.6) is 5.75 Å². The molecule has 0 amide bonds. The second-order valence-electron chi connectivity index (χ2n) is 7.44. The number of rotatable bonds is 3. The van der Waals surface area contributed by atoms with E-state index in [1.165, 1.54) is 19.3 Å². The molecule has 0 saturated heterocycles. The molecular weight excluding hydrogens is 262 g/mol. The van der Waals surface area contributed by atoms with Crippen LogP contribution < -0.4 is 0 Å². The first kappa shape index (κ1) is 14.9. The van der Waals surface area contributed by atoms with E-state index in [0.29, 0.717) is 17.6 Å². The first-order valence-corrected chi connectivity index (χ1v) is 8.07. The highest BCUT2D eigenvalue weighted by molar-refractivity contribution is 5.39. The quantitative estimate of drug-likeness (QED) is 0.899. The number of phenols is 1. The molecule has 4 atom stereocenters. The van der Waals surface area contributed by atoms with Crippen LogP contribution in [-0.2, 0) is 5.60 Å². The first-order valence-electron chi connectivity index (χ1n) is 8.07. The minimum absolute atomic E-state index is 0.258. The van der Waals surface area contributed by atoms with Crippen molar-refractivity contribution < 1.29 is 10.2 Å². The summed E-state index contributed by atoms with van der Waals surface area (Å²) in [6.07, 6.45) is 4.58. The number of hydrogen-bond acceptors (Lipinski definition) is 3. The van der Waals surface area contributed by atoms with Crippen molar-refractivity contribution in [2.24, 2.45) is 17.8 Å². The standard InChI is InChI=1S/C18H27NO2/c1-12-4-7-15(9-17(12)20)18(21)10-13-5-6-14(8-13)16(18)11-19(2)3/h4,7,9,13-14,16,20-21H,5-6,8,10-11H2,1-3H3. The molecule has 21 heavy (non-hydrogen) atoms. The molecule has 0 spiro atoms. The van der Waals surface area contributed by atoms with Crippen LogP contribution in [0.25, 0.3) is 0 Å². The van der Waals surface area contributed by atoms with Gasteiger partial charge in [0.25, 0.3) is 0 Å². The van der Waals surface area contributed by atoms with Gasteiger partial charge in [-0.3, -0.25) is 0 Å². The van der Waals surface area contributed by atoms with Gasteiger partial charge in [-0.15, -0.1) is 0 Å². The molecule has 2 saturated carbocycles. The van der Waals surface area contributed by atoms with E-state index in [1.54, 1.807) is 6.07 Å². The number of fused-ring (bicyclic) bond motifs is 2. The van der Waals surface area contributed by atoms with Gasteiger partial charge < -0.3 is 15.1 Å². The van der Waals surface area contributed by atoms with Gasteiger partial charge in [0, 0.05) is 12.5 Å². The van der Waals surface area contributed by atoms with Crippen molar-refractivity contribution in [2.45, 2.75) is 38.2 Å². The largest absolute Gasteiger partial charge is 0.508 e. The lowest BCUT2D eigenvalue weighted by molar-refractivity contribution is -0.0892. The van der Waals surface area contributed by atoms with Gasteiger partial charge in [-0.1, -0.05) is 18.6 Å². The van der Waals surface area contributed by atoms with Crippen molar-refractivity contribution in [3.8, 4) is 5.75 Å².